The van der Waals surface area contributed by atoms with Crippen molar-refractivity contribution in [1.82, 2.24) is 9.80 Å². The molecule has 0 amide bonds. The van der Waals surface area contributed by atoms with Gasteiger partial charge in [0.15, 0.2) is 0 Å². The number of likely N-dealkylation sites (N-methyl/N-ethyl adjacent to an activating group) is 2. The molecule has 35 heavy (non-hydrogen) atoms. The van der Waals surface area contributed by atoms with Crippen LogP contribution in [0.4, 0.5) is 0 Å². The van der Waals surface area contributed by atoms with Crippen molar-refractivity contribution in [2.24, 2.45) is 5.41 Å². The molecule has 2 N–H and O–H groups in total. The molecule has 0 saturated heterocycles. The number of allylic oxidation sites excluding steroid dienone is 3. The summed E-state index contributed by atoms with van der Waals surface area (Å²) >= 11 is 0. The second-order valence-corrected chi connectivity index (χ2v) is 11.8. The fourth-order valence-electron chi connectivity index (χ4n) is 3.81. The predicted octanol–water partition coefficient (Wildman–Crippen LogP) is 6.87. The van der Waals surface area contributed by atoms with Crippen molar-refractivity contribution in [1.29, 1.82) is 0 Å². The van der Waals surface area contributed by atoms with Gasteiger partial charge in [-0.15, -0.1) is 0 Å². The van der Waals surface area contributed by atoms with Crippen LogP contribution in [0.2, 0.25) is 0 Å². The van der Waals surface area contributed by atoms with Gasteiger partial charge in [-0.1, -0.05) is 77.1 Å². The minimum Gasteiger partial charge on any atom is -0.508 e. The maximum Gasteiger partial charge on any atom is 0.119 e. The molecule has 0 aliphatic rings. The first-order valence-electron chi connectivity index (χ1n) is 13.0. The summed E-state index contributed by atoms with van der Waals surface area (Å²) in [6.45, 7) is 21.6. The Hall–Kier alpha value is -1.88. The first-order chi connectivity index (χ1) is 16.1. The van der Waals surface area contributed by atoms with Crippen molar-refractivity contribution in [3.63, 3.8) is 0 Å². The first-order valence-corrected chi connectivity index (χ1v) is 13.0. The number of hydrogen-bond acceptors (Lipinski definition) is 4. The number of nitrogens with zero attached hydrogens (tertiary/aromatic N) is 2. The van der Waals surface area contributed by atoms with Gasteiger partial charge >= 0.3 is 0 Å². The zero-order valence-corrected chi connectivity index (χ0v) is 24.4. The summed E-state index contributed by atoms with van der Waals surface area (Å²) in [6, 6.07) is 8.97. The summed E-state index contributed by atoms with van der Waals surface area (Å²) in [6.07, 6.45) is 7.01. The summed E-state index contributed by atoms with van der Waals surface area (Å²) in [5.74, 6) is 0.269. The molecule has 4 nitrogen and oxygen atoms in total. The van der Waals surface area contributed by atoms with Gasteiger partial charge in [-0.2, -0.15) is 0 Å². The average Bonchev–Trinajstić information content (AvgIpc) is 2.78. The van der Waals surface area contributed by atoms with Gasteiger partial charge in [0.25, 0.3) is 0 Å². The highest BCUT2D eigenvalue weighted by molar-refractivity contribution is 5.36. The molecule has 0 unspecified atom stereocenters. The lowest BCUT2D eigenvalue weighted by Crippen LogP contribution is -2.40. The smallest absolute Gasteiger partial charge is 0.119 e. The van der Waals surface area contributed by atoms with Gasteiger partial charge in [0.1, 0.15) is 5.76 Å². The molecule has 198 valence electrons. The highest BCUT2D eigenvalue weighted by atomic mass is 16.3. The van der Waals surface area contributed by atoms with E-state index in [1.165, 1.54) is 11.1 Å². The van der Waals surface area contributed by atoms with Gasteiger partial charge in [0.05, 0.1) is 5.60 Å². The Bertz CT molecular complexity index is 901. The average molecular weight is 485 g/mol. The Morgan fingerprint density at radius 2 is 1.60 bits per heavy atom. The van der Waals surface area contributed by atoms with Crippen LogP contribution in [0.15, 0.2) is 59.4 Å². The molecular weight excluding hydrogens is 432 g/mol. The van der Waals surface area contributed by atoms with Crippen LogP contribution in [-0.4, -0.2) is 59.3 Å². The van der Waals surface area contributed by atoms with E-state index in [1.807, 2.05) is 45.9 Å². The largest absolute Gasteiger partial charge is 0.508 e. The number of rotatable bonds is 13. The van der Waals surface area contributed by atoms with Crippen LogP contribution in [0.1, 0.15) is 79.9 Å². The summed E-state index contributed by atoms with van der Waals surface area (Å²) < 4.78 is 0. The summed E-state index contributed by atoms with van der Waals surface area (Å²) in [4.78, 5) is 4.59. The standard InChI is InChI=1S/C31H52N2O2/c1-12-14-17-26(28(34)24(3)30(6,7)31(8,9)35)23-33(11)20-19-32(10)22-25-16-15-18-27(21-25)29(4,5)13-2/h12,14-18,21,34-35H,13,19-20,22-23H2,1-11H3/b14-12-,26-17-,28-24-. The normalized spacial score (nSPS) is 14.9. The molecule has 1 aromatic rings. The van der Waals surface area contributed by atoms with Crippen LogP contribution in [0.5, 0.6) is 0 Å². The fourth-order valence-corrected chi connectivity index (χ4v) is 3.81. The molecule has 0 saturated carbocycles. The molecule has 0 fully saturated rings. The maximum atomic E-state index is 11.2. The quantitative estimate of drug-likeness (QED) is 0.237. The van der Waals surface area contributed by atoms with Crippen LogP contribution >= 0.6 is 0 Å². The van der Waals surface area contributed by atoms with E-state index in [1.54, 1.807) is 13.8 Å². The zero-order chi connectivity index (χ0) is 27.0. The van der Waals surface area contributed by atoms with E-state index in [0.717, 1.165) is 37.2 Å². The lowest BCUT2D eigenvalue weighted by molar-refractivity contribution is -0.0155. The van der Waals surface area contributed by atoms with E-state index in [-0.39, 0.29) is 11.2 Å². The molecule has 0 aromatic heterocycles. The van der Waals surface area contributed by atoms with E-state index in [0.29, 0.717) is 6.54 Å². The van der Waals surface area contributed by atoms with Gasteiger partial charge in [0, 0.05) is 37.2 Å². The minimum atomic E-state index is -0.949. The lowest BCUT2D eigenvalue weighted by atomic mass is 9.71. The van der Waals surface area contributed by atoms with Crippen LogP contribution in [0.3, 0.4) is 0 Å². The van der Waals surface area contributed by atoms with Crippen molar-refractivity contribution in [2.75, 3.05) is 33.7 Å². The molecule has 1 rings (SSSR count). The molecule has 1 aromatic carbocycles. The van der Waals surface area contributed by atoms with Crippen molar-refractivity contribution < 1.29 is 10.2 Å². The van der Waals surface area contributed by atoms with Crippen LogP contribution in [-0.2, 0) is 12.0 Å². The lowest BCUT2D eigenvalue weighted by Gasteiger charge is -2.39. The van der Waals surface area contributed by atoms with E-state index < -0.39 is 11.0 Å². The third kappa shape index (κ3) is 8.93. The van der Waals surface area contributed by atoms with E-state index >= 15 is 0 Å². The Balaban J connectivity index is 2.89. The van der Waals surface area contributed by atoms with E-state index in [4.69, 9.17) is 0 Å². The number of aliphatic hydroxyl groups is 2. The third-order valence-electron chi connectivity index (χ3n) is 7.96. The molecule has 0 radical (unpaired) electrons. The SMILES string of the molecule is C\C=C/C=C(CN(C)CCN(C)Cc1cccc(C(C)(C)CC)c1)\C(O)=C(/C)C(C)(C)C(C)(C)O. The molecule has 0 bridgehead atoms. The fraction of sp³-hybridized carbons (Fsp3) is 0.613. The summed E-state index contributed by atoms with van der Waals surface area (Å²) in [5, 5.41) is 21.8. The van der Waals surface area contributed by atoms with Gasteiger partial charge in [-0.3, -0.25) is 0 Å². The van der Waals surface area contributed by atoms with E-state index in [9.17, 15) is 10.2 Å². The van der Waals surface area contributed by atoms with Gasteiger partial charge in [0.2, 0.25) is 0 Å². The zero-order valence-electron chi connectivity index (χ0n) is 24.4. The number of benzene rings is 1. The minimum absolute atomic E-state index is 0.192. The molecule has 4 heteroatoms. The number of aliphatic hydroxyl groups excluding tert-OH is 1. The second-order valence-electron chi connectivity index (χ2n) is 11.8. The van der Waals surface area contributed by atoms with Crippen molar-refractivity contribution in [3.05, 3.63) is 70.5 Å². The van der Waals surface area contributed by atoms with Crippen molar-refractivity contribution in [2.45, 2.75) is 86.3 Å². The molecule has 0 aliphatic heterocycles. The topological polar surface area (TPSA) is 46.9 Å². The molecule has 0 aliphatic carbocycles. The van der Waals surface area contributed by atoms with Crippen LogP contribution in [0, 0.1) is 5.41 Å². The van der Waals surface area contributed by atoms with Gasteiger partial charge in [-0.25, -0.2) is 0 Å². The predicted molar refractivity (Wildman–Crippen MR) is 152 cm³/mol. The Labute approximate surface area is 216 Å². The summed E-state index contributed by atoms with van der Waals surface area (Å²) in [5.41, 5.74) is 3.07. The maximum absolute atomic E-state index is 11.2. The summed E-state index contributed by atoms with van der Waals surface area (Å²) in [7, 11) is 4.25. The molecule has 0 spiro atoms. The second kappa shape index (κ2) is 12.9. The van der Waals surface area contributed by atoms with Crippen LogP contribution in [0.25, 0.3) is 0 Å². The van der Waals surface area contributed by atoms with Crippen molar-refractivity contribution >= 4 is 0 Å². The van der Waals surface area contributed by atoms with Crippen LogP contribution < -0.4 is 0 Å². The third-order valence-corrected chi connectivity index (χ3v) is 7.96. The van der Waals surface area contributed by atoms with Gasteiger partial charge in [-0.05, 0) is 70.3 Å². The van der Waals surface area contributed by atoms with Gasteiger partial charge < -0.3 is 20.0 Å². The Morgan fingerprint density at radius 1 is 1.00 bits per heavy atom. The highest BCUT2D eigenvalue weighted by Gasteiger charge is 2.38. The molecule has 0 atom stereocenters. The number of hydrogen-bond donors (Lipinski definition) is 2. The Morgan fingerprint density at radius 3 is 2.14 bits per heavy atom. The van der Waals surface area contributed by atoms with Crippen molar-refractivity contribution in [3.8, 4) is 0 Å². The highest BCUT2D eigenvalue weighted by Crippen LogP contribution is 2.39. The van der Waals surface area contributed by atoms with E-state index in [2.05, 4.69) is 68.9 Å². The monoisotopic (exact) mass is 484 g/mol. The first kappa shape index (κ1) is 31.2. The Kier molecular flexibility index (Phi) is 11.5. The molecule has 0 heterocycles. The molecular formula is C31H52N2O2.